The van der Waals surface area contributed by atoms with Crippen LogP contribution in [0.15, 0.2) is 79.0 Å². The monoisotopic (exact) mass is 520 g/mol. The average Bonchev–Trinajstić information content (AvgIpc) is 3.52. The second kappa shape index (κ2) is 12.2. The first-order valence-corrected chi connectivity index (χ1v) is 13.1. The molecule has 1 aliphatic heterocycles. The Balaban J connectivity index is 1.41. The second-order valence-electron chi connectivity index (χ2n) is 9.48. The Hall–Kier alpha value is -4.77. The first-order valence-electron chi connectivity index (χ1n) is 13.1. The molecule has 2 aromatic carbocycles. The lowest BCUT2D eigenvalue weighted by Gasteiger charge is -2.22. The lowest BCUT2D eigenvalue weighted by atomic mass is 10.0. The van der Waals surface area contributed by atoms with Crippen LogP contribution in [-0.2, 0) is 17.8 Å². The van der Waals surface area contributed by atoms with Crippen molar-refractivity contribution in [2.24, 2.45) is 0 Å². The van der Waals surface area contributed by atoms with Crippen LogP contribution in [0.3, 0.4) is 0 Å². The van der Waals surface area contributed by atoms with Crippen molar-refractivity contribution in [1.29, 1.82) is 5.26 Å². The molecule has 4 aromatic rings. The molecular formula is C31H29FN6O. The normalized spacial score (nSPS) is 12.7. The average molecular weight is 521 g/mol. The molecule has 0 saturated carbocycles. The number of hydrogen-bond donors (Lipinski definition) is 1. The van der Waals surface area contributed by atoms with E-state index in [2.05, 4.69) is 21.3 Å². The van der Waals surface area contributed by atoms with E-state index in [0.717, 1.165) is 36.4 Å². The largest absolute Gasteiger partial charge is 0.368 e. The molecule has 8 heteroatoms. The van der Waals surface area contributed by atoms with E-state index in [1.165, 1.54) is 25.0 Å². The van der Waals surface area contributed by atoms with Crippen molar-refractivity contribution in [2.45, 2.75) is 25.8 Å². The van der Waals surface area contributed by atoms with Crippen molar-refractivity contribution in [1.82, 2.24) is 9.97 Å². The highest BCUT2D eigenvalue weighted by atomic mass is 19.1. The highest BCUT2D eigenvalue weighted by Crippen LogP contribution is 2.30. The highest BCUT2D eigenvalue weighted by Gasteiger charge is 2.17. The minimum atomic E-state index is -0.280. The molecule has 0 atom stereocenters. The summed E-state index contributed by atoms with van der Waals surface area (Å²) in [6, 6.07) is 23.6. The van der Waals surface area contributed by atoms with Gasteiger partial charge in [-0.1, -0.05) is 36.4 Å². The number of halogens is 1. The molecule has 0 aliphatic carbocycles. The minimum Gasteiger partial charge on any atom is -0.368 e. The van der Waals surface area contributed by atoms with Crippen LogP contribution in [0, 0.1) is 17.1 Å². The zero-order valence-corrected chi connectivity index (χ0v) is 21.6. The van der Waals surface area contributed by atoms with Crippen molar-refractivity contribution in [2.75, 3.05) is 34.8 Å². The summed E-state index contributed by atoms with van der Waals surface area (Å²) in [4.78, 5) is 25.6. The quantitative estimate of drug-likeness (QED) is 0.275. The molecule has 3 heterocycles. The van der Waals surface area contributed by atoms with Gasteiger partial charge in [0.15, 0.2) is 5.82 Å². The van der Waals surface area contributed by atoms with Gasteiger partial charge in [-0.25, -0.2) is 14.4 Å². The van der Waals surface area contributed by atoms with Crippen molar-refractivity contribution >= 4 is 23.7 Å². The van der Waals surface area contributed by atoms with Gasteiger partial charge >= 0.3 is 0 Å². The topological polar surface area (TPSA) is 85.2 Å². The minimum absolute atomic E-state index is 0.280. The van der Waals surface area contributed by atoms with Crippen molar-refractivity contribution in [3.63, 3.8) is 0 Å². The molecule has 1 aliphatic rings. The Morgan fingerprint density at radius 3 is 2.62 bits per heavy atom. The Labute approximate surface area is 227 Å². The van der Waals surface area contributed by atoms with Gasteiger partial charge in [0.2, 0.25) is 6.41 Å². The van der Waals surface area contributed by atoms with E-state index in [4.69, 9.17) is 4.98 Å². The molecule has 1 amide bonds. The molecule has 1 fully saturated rings. The van der Waals surface area contributed by atoms with Crippen LogP contribution < -0.4 is 15.1 Å². The molecule has 0 bridgehead atoms. The Morgan fingerprint density at radius 1 is 1.03 bits per heavy atom. The maximum absolute atomic E-state index is 13.7. The third kappa shape index (κ3) is 6.21. The van der Waals surface area contributed by atoms with Gasteiger partial charge in [0.1, 0.15) is 11.6 Å². The van der Waals surface area contributed by atoms with Gasteiger partial charge in [-0.2, -0.15) is 5.26 Å². The number of pyridine rings is 2. The zero-order chi connectivity index (χ0) is 27.0. The van der Waals surface area contributed by atoms with Crippen LogP contribution in [0.1, 0.15) is 29.5 Å². The van der Waals surface area contributed by atoms with Gasteiger partial charge in [0, 0.05) is 31.4 Å². The predicted octanol–water partition coefficient (Wildman–Crippen LogP) is 5.57. The lowest BCUT2D eigenvalue weighted by molar-refractivity contribution is -0.107. The third-order valence-corrected chi connectivity index (χ3v) is 6.82. The molecular weight excluding hydrogens is 491 g/mol. The lowest BCUT2D eigenvalue weighted by Crippen LogP contribution is -2.23. The van der Waals surface area contributed by atoms with Gasteiger partial charge < -0.3 is 15.1 Å². The molecule has 0 spiro atoms. The number of amides is 1. The van der Waals surface area contributed by atoms with E-state index in [0.29, 0.717) is 47.8 Å². The Bertz CT molecular complexity index is 1480. The molecule has 0 radical (unpaired) electrons. The molecule has 1 N–H and O–H groups in total. The summed E-state index contributed by atoms with van der Waals surface area (Å²) >= 11 is 0. The molecule has 2 aromatic heterocycles. The maximum atomic E-state index is 13.7. The number of carbonyl (C=O) groups excluding carboxylic acids is 1. The van der Waals surface area contributed by atoms with Gasteiger partial charge in [0.05, 0.1) is 29.6 Å². The molecule has 1 saturated heterocycles. The van der Waals surface area contributed by atoms with Crippen LogP contribution in [0.25, 0.3) is 11.3 Å². The molecule has 0 unspecified atom stereocenters. The predicted molar refractivity (Wildman–Crippen MR) is 151 cm³/mol. The van der Waals surface area contributed by atoms with E-state index in [1.54, 1.807) is 17.0 Å². The summed E-state index contributed by atoms with van der Waals surface area (Å²) < 4.78 is 13.7. The van der Waals surface area contributed by atoms with Crippen LogP contribution in [0.5, 0.6) is 0 Å². The van der Waals surface area contributed by atoms with Gasteiger partial charge in [-0.05, 0) is 66.8 Å². The van der Waals surface area contributed by atoms with Gasteiger partial charge in [-0.15, -0.1) is 0 Å². The SMILES string of the molecule is N#Cc1ccccc1-c1ccc(N(C=O)Cc2ccc(N3CCCC3)nc2)c(NCCc2cccc(F)c2)n1. The fraction of sp³-hybridized carbons (Fsp3) is 0.226. The summed E-state index contributed by atoms with van der Waals surface area (Å²) in [5.41, 5.74) is 4.19. The summed E-state index contributed by atoms with van der Waals surface area (Å²) in [7, 11) is 0. The number of hydrogen-bond acceptors (Lipinski definition) is 6. The van der Waals surface area contributed by atoms with Crippen LogP contribution in [0.4, 0.5) is 21.7 Å². The molecule has 7 nitrogen and oxygen atoms in total. The number of rotatable bonds is 10. The summed E-state index contributed by atoms with van der Waals surface area (Å²) in [6.07, 6.45) is 5.53. The smallest absolute Gasteiger partial charge is 0.214 e. The van der Waals surface area contributed by atoms with E-state index in [-0.39, 0.29) is 5.82 Å². The number of benzene rings is 2. The Morgan fingerprint density at radius 2 is 1.87 bits per heavy atom. The number of nitrogens with one attached hydrogen (secondary N) is 1. The Kier molecular flexibility index (Phi) is 8.08. The zero-order valence-electron chi connectivity index (χ0n) is 21.6. The van der Waals surface area contributed by atoms with E-state index >= 15 is 0 Å². The van der Waals surface area contributed by atoms with E-state index in [9.17, 15) is 14.4 Å². The molecule has 196 valence electrons. The summed E-state index contributed by atoms with van der Waals surface area (Å²) in [5, 5.41) is 12.9. The standard InChI is InChI=1S/C31H29FN6O/c32-26-8-5-6-23(18-26)14-15-34-31-29(12-11-28(36-31)27-9-2-1-7-25(27)19-33)38(22-39)21-24-10-13-30(35-20-24)37-16-3-4-17-37/h1-2,5-13,18,20,22H,3-4,14-17,21H2,(H,34,36). The fourth-order valence-electron chi connectivity index (χ4n) is 4.80. The molecule has 5 rings (SSSR count). The summed E-state index contributed by atoms with van der Waals surface area (Å²) in [5.74, 6) is 1.18. The van der Waals surface area contributed by atoms with Crippen molar-refractivity contribution in [3.8, 4) is 17.3 Å². The summed E-state index contributed by atoms with van der Waals surface area (Å²) in [6.45, 7) is 2.84. The van der Waals surface area contributed by atoms with Crippen LogP contribution >= 0.6 is 0 Å². The highest BCUT2D eigenvalue weighted by molar-refractivity contribution is 5.83. The fourth-order valence-corrected chi connectivity index (χ4v) is 4.80. The first kappa shape index (κ1) is 25.9. The number of aromatic nitrogens is 2. The number of carbonyl (C=O) groups is 1. The van der Waals surface area contributed by atoms with E-state index in [1.807, 2.05) is 54.7 Å². The third-order valence-electron chi connectivity index (χ3n) is 6.82. The van der Waals surface area contributed by atoms with E-state index < -0.39 is 0 Å². The maximum Gasteiger partial charge on any atom is 0.214 e. The van der Waals surface area contributed by atoms with Gasteiger partial charge in [0.25, 0.3) is 0 Å². The van der Waals surface area contributed by atoms with Crippen molar-refractivity contribution < 1.29 is 9.18 Å². The van der Waals surface area contributed by atoms with Crippen LogP contribution in [0.2, 0.25) is 0 Å². The number of anilines is 3. The second-order valence-corrected chi connectivity index (χ2v) is 9.48. The number of nitrogens with zero attached hydrogens (tertiary/aromatic N) is 5. The molecule has 39 heavy (non-hydrogen) atoms. The van der Waals surface area contributed by atoms with Crippen LogP contribution in [-0.4, -0.2) is 36.0 Å². The first-order chi connectivity index (χ1) is 19.1. The van der Waals surface area contributed by atoms with Gasteiger partial charge in [-0.3, -0.25) is 4.79 Å². The number of nitriles is 1. The van der Waals surface area contributed by atoms with Crippen molar-refractivity contribution in [3.05, 3.63) is 102 Å².